The number of unbranched alkanes of at least 4 members (excludes halogenated alkanes) is 11. The van der Waals surface area contributed by atoms with E-state index in [2.05, 4.69) is 26.1 Å². The van der Waals surface area contributed by atoms with E-state index in [1.165, 1.54) is 154 Å². The van der Waals surface area contributed by atoms with Crippen molar-refractivity contribution in [1.29, 1.82) is 0 Å². The number of nitrogens with one attached hydrogen (secondary N) is 1. The van der Waals surface area contributed by atoms with Crippen molar-refractivity contribution in [3.8, 4) is 0 Å². The number of hydrogen-bond acceptors (Lipinski definition) is 5. The highest BCUT2D eigenvalue weighted by Gasteiger charge is 2.65. The molecular formula is C42H81N3O2. The van der Waals surface area contributed by atoms with Crippen LogP contribution in [0.3, 0.4) is 0 Å². The fourth-order valence-electron chi connectivity index (χ4n) is 11.5. The lowest BCUT2D eigenvalue weighted by atomic mass is 9.43. The molecule has 47 heavy (non-hydrogen) atoms. The Kier molecular flexibility index (Phi) is 17.9. The summed E-state index contributed by atoms with van der Waals surface area (Å²) in [6, 6.07) is 0. The highest BCUT2D eigenvalue weighted by Crippen LogP contribution is 2.68. The van der Waals surface area contributed by atoms with Gasteiger partial charge in [-0.3, -0.25) is 0 Å². The first-order valence-electron chi connectivity index (χ1n) is 21.3. The molecule has 4 aliphatic rings. The van der Waals surface area contributed by atoms with E-state index in [0.717, 1.165) is 62.8 Å². The molecule has 0 aliphatic heterocycles. The number of hydrogen-bond donors (Lipinski definition) is 3. The third kappa shape index (κ3) is 10.7. The predicted molar refractivity (Wildman–Crippen MR) is 201 cm³/mol. The van der Waals surface area contributed by atoms with E-state index in [1.807, 2.05) is 0 Å². The van der Waals surface area contributed by atoms with E-state index in [0.29, 0.717) is 23.5 Å². The molecule has 4 fully saturated rings. The quantitative estimate of drug-likeness (QED) is 0.0850. The third-order valence-electron chi connectivity index (χ3n) is 14.3. The van der Waals surface area contributed by atoms with Gasteiger partial charge in [0.15, 0.2) is 0 Å². The van der Waals surface area contributed by atoms with Crippen LogP contribution in [0.2, 0.25) is 0 Å². The highest BCUT2D eigenvalue weighted by molar-refractivity contribution is 5.14. The Hall–Kier alpha value is -0.200. The van der Waals surface area contributed by atoms with Gasteiger partial charge in [0.25, 0.3) is 0 Å². The topological polar surface area (TPSA) is 82.5 Å². The Morgan fingerprint density at radius 2 is 1.30 bits per heavy atom. The van der Waals surface area contributed by atoms with Gasteiger partial charge < -0.3 is 26.3 Å². The molecule has 0 bridgehead atoms. The first-order chi connectivity index (χ1) is 23.0. The largest absolute Gasteiger partial charge is 0.378 e. The minimum atomic E-state index is 0.256. The standard InChI is InChI=1S/C42H81N3O2/c1-4-5-6-7-8-9-10-11-12-13-17-28-45-29-18-15-21-34-23-24-36-40-37(33-39(42(34,36)3)47-31-20-27-44)41(2)25-16-14-22-35(41)32-38(40)46-30-19-26-43/h34-40,45H,4-33,43-44H2,1-3H3/t34-,35-,36?,37?,38+,39-,40-,41-,42+/m0/s1. The number of rotatable bonds is 25. The Balaban J connectivity index is 1.25. The zero-order valence-electron chi connectivity index (χ0n) is 31.7. The SMILES string of the molecule is CCCCCCCCCCCCCNCCCC[C@H]1CCC2[C@H]3C(C[C@H](OCCCN)[C@@]21C)[C@@]1(C)CCCC[C@H]1C[C@H]3OCCCN. The predicted octanol–water partition coefficient (Wildman–Crippen LogP) is 9.79. The summed E-state index contributed by atoms with van der Waals surface area (Å²) >= 11 is 0. The molecule has 5 heteroatoms. The van der Waals surface area contributed by atoms with Crippen molar-refractivity contribution in [2.75, 3.05) is 39.4 Å². The van der Waals surface area contributed by atoms with Crippen molar-refractivity contribution >= 4 is 0 Å². The van der Waals surface area contributed by atoms with Crippen molar-refractivity contribution < 1.29 is 9.47 Å². The van der Waals surface area contributed by atoms with Gasteiger partial charge in [0.2, 0.25) is 0 Å². The van der Waals surface area contributed by atoms with Gasteiger partial charge in [-0.15, -0.1) is 0 Å². The van der Waals surface area contributed by atoms with E-state index in [-0.39, 0.29) is 5.41 Å². The summed E-state index contributed by atoms with van der Waals surface area (Å²) in [5.74, 6) is 3.71. The van der Waals surface area contributed by atoms with Crippen LogP contribution in [-0.4, -0.2) is 51.6 Å². The lowest BCUT2D eigenvalue weighted by Gasteiger charge is -2.64. The van der Waals surface area contributed by atoms with Crippen molar-refractivity contribution in [3.05, 3.63) is 0 Å². The van der Waals surface area contributed by atoms with Crippen LogP contribution in [0.4, 0.5) is 0 Å². The van der Waals surface area contributed by atoms with Crippen molar-refractivity contribution in [1.82, 2.24) is 5.32 Å². The molecule has 0 radical (unpaired) electrons. The molecule has 4 aliphatic carbocycles. The molecule has 0 amide bonds. The maximum atomic E-state index is 6.96. The molecule has 2 unspecified atom stereocenters. The molecule has 9 atom stereocenters. The fourth-order valence-corrected chi connectivity index (χ4v) is 11.5. The minimum Gasteiger partial charge on any atom is -0.378 e. The van der Waals surface area contributed by atoms with Crippen LogP contribution in [0.15, 0.2) is 0 Å². The van der Waals surface area contributed by atoms with Crippen LogP contribution in [0.1, 0.15) is 175 Å². The molecule has 5 N–H and O–H groups in total. The van der Waals surface area contributed by atoms with E-state index in [4.69, 9.17) is 20.9 Å². The second kappa shape index (κ2) is 21.2. The van der Waals surface area contributed by atoms with Gasteiger partial charge in [-0.2, -0.15) is 0 Å². The minimum absolute atomic E-state index is 0.256. The average molecular weight is 660 g/mol. The summed E-state index contributed by atoms with van der Waals surface area (Å²) in [7, 11) is 0. The summed E-state index contributed by atoms with van der Waals surface area (Å²) in [4.78, 5) is 0. The second-order valence-corrected chi connectivity index (χ2v) is 17.2. The van der Waals surface area contributed by atoms with Crippen LogP contribution < -0.4 is 16.8 Å². The summed E-state index contributed by atoms with van der Waals surface area (Å²) in [5, 5.41) is 3.79. The van der Waals surface area contributed by atoms with Crippen LogP contribution in [0, 0.1) is 40.4 Å². The van der Waals surface area contributed by atoms with E-state index >= 15 is 0 Å². The maximum Gasteiger partial charge on any atom is 0.0637 e. The Bertz CT molecular complexity index is 826. The van der Waals surface area contributed by atoms with Crippen LogP contribution in [0.5, 0.6) is 0 Å². The molecule has 0 saturated heterocycles. The second-order valence-electron chi connectivity index (χ2n) is 17.2. The fraction of sp³-hybridized carbons (Fsp3) is 1.00. The van der Waals surface area contributed by atoms with Crippen LogP contribution in [-0.2, 0) is 9.47 Å². The molecule has 276 valence electrons. The normalized spacial score (nSPS) is 35.0. The molecular weight excluding hydrogens is 578 g/mol. The molecule has 4 saturated carbocycles. The number of ether oxygens (including phenoxy) is 2. The molecule has 0 spiro atoms. The maximum absolute atomic E-state index is 6.96. The summed E-state index contributed by atoms with van der Waals surface area (Å²) in [6.07, 6.45) is 33.3. The zero-order chi connectivity index (χ0) is 33.4. The average Bonchev–Trinajstić information content (AvgIpc) is 3.41. The molecule has 5 nitrogen and oxygen atoms in total. The smallest absolute Gasteiger partial charge is 0.0637 e. The van der Waals surface area contributed by atoms with E-state index in [1.54, 1.807) is 0 Å². The van der Waals surface area contributed by atoms with Crippen LogP contribution >= 0.6 is 0 Å². The van der Waals surface area contributed by atoms with Gasteiger partial charge in [0, 0.05) is 13.2 Å². The molecule has 0 aromatic carbocycles. The lowest BCUT2D eigenvalue weighted by Crippen LogP contribution is -2.62. The van der Waals surface area contributed by atoms with E-state index < -0.39 is 0 Å². The summed E-state index contributed by atoms with van der Waals surface area (Å²) in [5.41, 5.74) is 12.6. The lowest BCUT2D eigenvalue weighted by molar-refractivity contribution is -0.219. The van der Waals surface area contributed by atoms with Crippen molar-refractivity contribution in [3.63, 3.8) is 0 Å². The molecule has 0 aromatic heterocycles. The van der Waals surface area contributed by atoms with Gasteiger partial charge in [-0.05, 0) is 137 Å². The monoisotopic (exact) mass is 660 g/mol. The summed E-state index contributed by atoms with van der Waals surface area (Å²) in [6.45, 7) is 13.2. The molecule has 4 rings (SSSR count). The van der Waals surface area contributed by atoms with Gasteiger partial charge in [-0.1, -0.05) is 104 Å². The summed E-state index contributed by atoms with van der Waals surface area (Å²) < 4.78 is 13.8. The van der Waals surface area contributed by atoms with E-state index in [9.17, 15) is 0 Å². The van der Waals surface area contributed by atoms with Crippen LogP contribution in [0.25, 0.3) is 0 Å². The van der Waals surface area contributed by atoms with Crippen molar-refractivity contribution in [2.24, 2.45) is 51.9 Å². The Morgan fingerprint density at radius 1 is 0.660 bits per heavy atom. The number of nitrogens with two attached hydrogens (primary N) is 2. The van der Waals surface area contributed by atoms with Crippen molar-refractivity contribution in [2.45, 2.75) is 187 Å². The molecule has 0 heterocycles. The zero-order valence-corrected chi connectivity index (χ0v) is 31.7. The van der Waals surface area contributed by atoms with Gasteiger partial charge in [-0.25, -0.2) is 0 Å². The van der Waals surface area contributed by atoms with Gasteiger partial charge in [0.1, 0.15) is 0 Å². The highest BCUT2D eigenvalue weighted by atomic mass is 16.5. The molecule has 0 aromatic rings. The number of fused-ring (bicyclic) bond motifs is 5. The van der Waals surface area contributed by atoms with Gasteiger partial charge in [0.05, 0.1) is 12.2 Å². The first kappa shape index (κ1) is 39.6. The third-order valence-corrected chi connectivity index (χ3v) is 14.3. The van der Waals surface area contributed by atoms with Gasteiger partial charge >= 0.3 is 0 Å². The Morgan fingerprint density at radius 3 is 1.98 bits per heavy atom. The Labute approximate surface area is 292 Å². The first-order valence-corrected chi connectivity index (χ1v) is 21.3.